The lowest BCUT2D eigenvalue weighted by Gasteiger charge is -2.26. The molecular weight excluding hydrogens is 280 g/mol. The number of amides is 1. The maximum atomic E-state index is 12.9. The second-order valence-corrected chi connectivity index (χ2v) is 7.31. The average Bonchev–Trinajstić information content (AvgIpc) is 3.20. The summed E-state index contributed by atoms with van der Waals surface area (Å²) in [5.74, 6) is 0.781. The lowest BCUT2D eigenvalue weighted by atomic mass is 10.1. The number of anilines is 1. The van der Waals surface area contributed by atoms with Crippen LogP contribution in [0.2, 0.25) is 0 Å². The lowest BCUT2D eigenvalue weighted by Crippen LogP contribution is -2.38. The Kier molecular flexibility index (Phi) is 3.66. The van der Waals surface area contributed by atoms with Gasteiger partial charge in [0.2, 0.25) is 0 Å². The van der Waals surface area contributed by atoms with Gasteiger partial charge in [-0.05, 0) is 45.1 Å². The van der Waals surface area contributed by atoms with E-state index in [1.165, 1.54) is 29.7 Å². The topological polar surface area (TPSA) is 46.3 Å². The van der Waals surface area contributed by atoms with Crippen molar-refractivity contribution in [2.24, 2.45) is 5.92 Å². The van der Waals surface area contributed by atoms with E-state index in [1.807, 2.05) is 17.0 Å². The molecule has 0 aliphatic heterocycles. The number of carbonyl (C=O) groups excluding carboxylic acids is 1. The zero-order valence-electron chi connectivity index (χ0n) is 12.8. The van der Waals surface area contributed by atoms with E-state index < -0.39 is 0 Å². The molecular formula is C17H22N2OS. The van der Waals surface area contributed by atoms with Crippen LogP contribution >= 0.6 is 11.3 Å². The van der Waals surface area contributed by atoms with Gasteiger partial charge in [-0.2, -0.15) is 0 Å². The molecule has 2 N–H and O–H groups in total. The number of hydrogen-bond donors (Lipinski definition) is 1. The highest BCUT2D eigenvalue weighted by atomic mass is 32.1. The van der Waals surface area contributed by atoms with Crippen molar-refractivity contribution in [2.75, 3.05) is 12.3 Å². The van der Waals surface area contributed by atoms with Gasteiger partial charge >= 0.3 is 0 Å². The third-order valence-electron chi connectivity index (χ3n) is 4.18. The summed E-state index contributed by atoms with van der Waals surface area (Å²) in [4.78, 5) is 15.6. The maximum absolute atomic E-state index is 12.9. The molecule has 0 radical (unpaired) electrons. The molecule has 0 spiro atoms. The molecule has 1 aromatic heterocycles. The number of nitrogens with zero attached hydrogens (tertiary/aromatic N) is 1. The molecule has 1 heterocycles. The second-order valence-electron chi connectivity index (χ2n) is 6.29. The van der Waals surface area contributed by atoms with Gasteiger partial charge in [0.15, 0.2) is 0 Å². The molecule has 3 rings (SSSR count). The number of benzene rings is 1. The van der Waals surface area contributed by atoms with E-state index in [4.69, 9.17) is 5.73 Å². The van der Waals surface area contributed by atoms with Crippen LogP contribution in [0, 0.1) is 12.8 Å². The second kappa shape index (κ2) is 5.34. The highest BCUT2D eigenvalue weighted by Crippen LogP contribution is 2.37. The quantitative estimate of drug-likeness (QED) is 0.926. The molecule has 1 aliphatic rings. The van der Waals surface area contributed by atoms with E-state index in [0.29, 0.717) is 16.5 Å². The third-order valence-corrected chi connectivity index (χ3v) is 5.53. The molecule has 3 nitrogen and oxygen atoms in total. The summed E-state index contributed by atoms with van der Waals surface area (Å²) in [5, 5.41) is 1.01. The third kappa shape index (κ3) is 2.64. The number of nitrogen functional groups attached to an aromatic ring is 1. The van der Waals surface area contributed by atoms with Gasteiger partial charge in [-0.3, -0.25) is 4.79 Å². The zero-order chi connectivity index (χ0) is 15.1. The molecule has 1 aromatic carbocycles. The number of rotatable bonds is 4. The minimum atomic E-state index is 0.0926. The van der Waals surface area contributed by atoms with Crippen molar-refractivity contribution in [1.82, 2.24) is 4.90 Å². The van der Waals surface area contributed by atoms with Gasteiger partial charge in [-0.1, -0.05) is 18.2 Å². The average molecular weight is 302 g/mol. The molecule has 2 aromatic rings. The molecule has 0 atom stereocenters. The van der Waals surface area contributed by atoms with Crippen LogP contribution in [-0.2, 0) is 0 Å². The molecule has 0 saturated heterocycles. The molecule has 0 unspecified atom stereocenters. The monoisotopic (exact) mass is 302 g/mol. The number of nitrogens with two attached hydrogens (primary N) is 1. The Hall–Kier alpha value is -1.55. The van der Waals surface area contributed by atoms with E-state index >= 15 is 0 Å². The first-order valence-electron chi connectivity index (χ1n) is 7.57. The van der Waals surface area contributed by atoms with Gasteiger partial charge < -0.3 is 10.6 Å². The van der Waals surface area contributed by atoms with Crippen molar-refractivity contribution in [3.63, 3.8) is 0 Å². The van der Waals surface area contributed by atoms with E-state index in [-0.39, 0.29) is 11.9 Å². The SMILES string of the molecule is Cc1cccc2c(N)c(C(=O)N(CC3CC3)C(C)C)sc12. The van der Waals surface area contributed by atoms with Crippen molar-refractivity contribution in [3.8, 4) is 0 Å². The lowest BCUT2D eigenvalue weighted by molar-refractivity contribution is 0.0702. The maximum Gasteiger partial charge on any atom is 0.266 e. The first kappa shape index (κ1) is 14.4. The summed E-state index contributed by atoms with van der Waals surface area (Å²) in [6.07, 6.45) is 2.50. The van der Waals surface area contributed by atoms with Crippen LogP contribution in [0.5, 0.6) is 0 Å². The number of aryl methyl sites for hydroxylation is 1. The smallest absolute Gasteiger partial charge is 0.266 e. The largest absolute Gasteiger partial charge is 0.397 e. The van der Waals surface area contributed by atoms with E-state index in [2.05, 4.69) is 26.8 Å². The first-order valence-corrected chi connectivity index (χ1v) is 8.39. The van der Waals surface area contributed by atoms with Crippen LogP contribution < -0.4 is 5.73 Å². The molecule has 112 valence electrons. The molecule has 1 amide bonds. The van der Waals surface area contributed by atoms with E-state index in [0.717, 1.165) is 16.6 Å². The fraction of sp³-hybridized carbons (Fsp3) is 0.471. The Morgan fingerprint density at radius 1 is 1.43 bits per heavy atom. The number of hydrogen-bond acceptors (Lipinski definition) is 3. The highest BCUT2D eigenvalue weighted by Gasteiger charge is 2.30. The summed E-state index contributed by atoms with van der Waals surface area (Å²) in [6, 6.07) is 6.28. The van der Waals surface area contributed by atoms with Gasteiger partial charge in [0.1, 0.15) is 4.88 Å². The fourth-order valence-electron chi connectivity index (χ4n) is 2.68. The standard InChI is InChI=1S/C17H22N2OS/c1-10(2)19(9-12-7-8-12)17(20)16-14(18)13-6-4-5-11(3)15(13)21-16/h4-6,10,12H,7-9,18H2,1-3H3. The predicted molar refractivity (Wildman–Crippen MR) is 89.9 cm³/mol. The Morgan fingerprint density at radius 2 is 2.14 bits per heavy atom. The summed E-state index contributed by atoms with van der Waals surface area (Å²) in [7, 11) is 0. The van der Waals surface area contributed by atoms with Crippen molar-refractivity contribution < 1.29 is 4.79 Å². The van der Waals surface area contributed by atoms with Gasteiger partial charge in [0.25, 0.3) is 5.91 Å². The molecule has 1 saturated carbocycles. The van der Waals surface area contributed by atoms with Crippen LogP contribution in [0.3, 0.4) is 0 Å². The Balaban J connectivity index is 1.99. The Morgan fingerprint density at radius 3 is 2.71 bits per heavy atom. The zero-order valence-corrected chi connectivity index (χ0v) is 13.7. The summed E-state index contributed by atoms with van der Waals surface area (Å²) in [5.41, 5.74) is 8.08. The van der Waals surface area contributed by atoms with Gasteiger partial charge in [0.05, 0.1) is 5.69 Å². The van der Waals surface area contributed by atoms with Crippen LogP contribution in [0.25, 0.3) is 10.1 Å². The van der Waals surface area contributed by atoms with Crippen LogP contribution in [0.1, 0.15) is 41.9 Å². The van der Waals surface area contributed by atoms with Gasteiger partial charge in [-0.25, -0.2) is 0 Å². The fourth-order valence-corrected chi connectivity index (χ4v) is 3.82. The number of thiophene rings is 1. The molecule has 21 heavy (non-hydrogen) atoms. The molecule has 1 aliphatic carbocycles. The predicted octanol–water partition coefficient (Wildman–Crippen LogP) is 4.05. The minimum Gasteiger partial charge on any atom is -0.397 e. The van der Waals surface area contributed by atoms with Gasteiger partial charge in [0, 0.05) is 22.7 Å². The van der Waals surface area contributed by atoms with Crippen molar-refractivity contribution in [3.05, 3.63) is 28.6 Å². The minimum absolute atomic E-state index is 0.0926. The molecule has 0 bridgehead atoms. The molecule has 4 heteroatoms. The van der Waals surface area contributed by atoms with Crippen LogP contribution in [-0.4, -0.2) is 23.4 Å². The Bertz CT molecular complexity index is 685. The number of carbonyl (C=O) groups is 1. The van der Waals surface area contributed by atoms with E-state index in [1.54, 1.807) is 0 Å². The summed E-state index contributed by atoms with van der Waals surface area (Å²) < 4.78 is 1.13. The van der Waals surface area contributed by atoms with Crippen molar-refractivity contribution in [1.29, 1.82) is 0 Å². The molecule has 1 fully saturated rings. The first-order chi connectivity index (χ1) is 9.99. The van der Waals surface area contributed by atoms with Crippen molar-refractivity contribution >= 4 is 33.0 Å². The number of fused-ring (bicyclic) bond motifs is 1. The Labute approximate surface area is 129 Å². The van der Waals surface area contributed by atoms with Crippen LogP contribution in [0.4, 0.5) is 5.69 Å². The van der Waals surface area contributed by atoms with Gasteiger partial charge in [-0.15, -0.1) is 11.3 Å². The van der Waals surface area contributed by atoms with E-state index in [9.17, 15) is 4.79 Å². The summed E-state index contributed by atoms with van der Waals surface area (Å²) >= 11 is 1.54. The van der Waals surface area contributed by atoms with Crippen LogP contribution in [0.15, 0.2) is 18.2 Å². The van der Waals surface area contributed by atoms with Crippen molar-refractivity contribution in [2.45, 2.75) is 39.7 Å². The summed E-state index contributed by atoms with van der Waals surface area (Å²) in [6.45, 7) is 7.09. The normalized spacial score (nSPS) is 14.9. The highest BCUT2D eigenvalue weighted by molar-refractivity contribution is 7.21.